The number of fused-ring (bicyclic) bond motifs is 1. The van der Waals surface area contributed by atoms with Gasteiger partial charge in [-0.25, -0.2) is 4.79 Å². The molecule has 2 rings (SSSR count). The van der Waals surface area contributed by atoms with Crippen molar-refractivity contribution in [2.45, 2.75) is 13.8 Å². The van der Waals surface area contributed by atoms with Gasteiger partial charge in [-0.2, -0.15) is 0 Å². The fourth-order valence-electron chi connectivity index (χ4n) is 2.05. The molecule has 0 fully saturated rings. The average molecular weight is 280 g/mol. The van der Waals surface area contributed by atoms with Crippen LogP contribution in [0, 0.1) is 0 Å². The van der Waals surface area contributed by atoms with E-state index in [9.17, 15) is 9.59 Å². The van der Waals surface area contributed by atoms with Gasteiger partial charge >= 0.3 is 5.63 Å². The summed E-state index contributed by atoms with van der Waals surface area (Å²) in [4.78, 5) is 24.5. The Morgan fingerprint density at radius 2 is 2.00 bits per heavy atom. The van der Waals surface area contributed by atoms with Gasteiger partial charge in [0.25, 0.3) is 0 Å². The average Bonchev–Trinajstić information content (AvgIpc) is 2.40. The first-order valence-electron chi connectivity index (χ1n) is 6.08. The van der Waals surface area contributed by atoms with Crippen molar-refractivity contribution in [1.29, 1.82) is 0 Å². The molecule has 0 saturated carbocycles. The third-order valence-electron chi connectivity index (χ3n) is 3.11. The lowest BCUT2D eigenvalue weighted by Gasteiger charge is -2.21. The summed E-state index contributed by atoms with van der Waals surface area (Å²) >= 11 is 6.04. The molecule has 5 heteroatoms. The second-order valence-corrected chi connectivity index (χ2v) is 4.47. The van der Waals surface area contributed by atoms with Gasteiger partial charge in [-0.3, -0.25) is 4.79 Å². The highest BCUT2D eigenvalue weighted by Crippen LogP contribution is 2.27. The van der Waals surface area contributed by atoms with Crippen LogP contribution >= 0.6 is 11.6 Å². The van der Waals surface area contributed by atoms with Gasteiger partial charge < -0.3 is 9.32 Å². The Morgan fingerprint density at radius 1 is 1.32 bits per heavy atom. The number of rotatable bonds is 4. The highest BCUT2D eigenvalue weighted by atomic mass is 35.5. The Bertz CT molecular complexity index is 674. The zero-order valence-corrected chi connectivity index (χ0v) is 11.5. The number of anilines is 1. The summed E-state index contributed by atoms with van der Waals surface area (Å²) in [5.74, 6) is 0. The largest absolute Gasteiger partial charge is 0.422 e. The molecule has 1 aromatic carbocycles. The van der Waals surface area contributed by atoms with Crippen LogP contribution in [0.15, 0.2) is 27.4 Å². The smallest absolute Gasteiger partial charge is 0.348 e. The molecule has 0 aliphatic carbocycles. The van der Waals surface area contributed by atoms with Crippen molar-refractivity contribution in [1.82, 2.24) is 0 Å². The molecule has 0 aliphatic heterocycles. The molecule has 0 bridgehead atoms. The molecular weight excluding hydrogens is 266 g/mol. The summed E-state index contributed by atoms with van der Waals surface area (Å²) < 4.78 is 5.15. The second-order valence-electron chi connectivity index (χ2n) is 4.09. The van der Waals surface area contributed by atoms with E-state index >= 15 is 0 Å². The molecule has 0 N–H and O–H groups in total. The number of benzene rings is 1. The van der Waals surface area contributed by atoms with Gasteiger partial charge in [-0.05, 0) is 26.0 Å². The first-order chi connectivity index (χ1) is 9.12. The Kier molecular flexibility index (Phi) is 3.90. The van der Waals surface area contributed by atoms with Gasteiger partial charge in [0.1, 0.15) is 11.1 Å². The van der Waals surface area contributed by atoms with E-state index in [-0.39, 0.29) is 10.6 Å². The van der Waals surface area contributed by atoms with Crippen LogP contribution in [-0.2, 0) is 0 Å². The molecule has 100 valence electrons. The lowest BCUT2D eigenvalue weighted by Crippen LogP contribution is -2.21. The number of hydrogen-bond donors (Lipinski definition) is 0. The third-order valence-corrected chi connectivity index (χ3v) is 3.51. The predicted molar refractivity (Wildman–Crippen MR) is 76.4 cm³/mol. The van der Waals surface area contributed by atoms with E-state index in [1.807, 2.05) is 19.9 Å². The van der Waals surface area contributed by atoms with E-state index in [1.165, 1.54) is 0 Å². The van der Waals surface area contributed by atoms with E-state index < -0.39 is 5.63 Å². The van der Waals surface area contributed by atoms with Crippen molar-refractivity contribution in [3.63, 3.8) is 0 Å². The maximum atomic E-state index is 11.6. The van der Waals surface area contributed by atoms with Crippen molar-refractivity contribution in [3.8, 4) is 0 Å². The molecule has 4 nitrogen and oxygen atoms in total. The summed E-state index contributed by atoms with van der Waals surface area (Å²) in [6.07, 6.45) is 0.423. The van der Waals surface area contributed by atoms with Crippen LogP contribution < -0.4 is 10.5 Å². The van der Waals surface area contributed by atoms with Crippen LogP contribution in [0.5, 0.6) is 0 Å². The van der Waals surface area contributed by atoms with Gasteiger partial charge in [0.05, 0.1) is 5.02 Å². The van der Waals surface area contributed by atoms with Crippen molar-refractivity contribution < 1.29 is 9.21 Å². The lowest BCUT2D eigenvalue weighted by molar-refractivity contribution is 0.112. The van der Waals surface area contributed by atoms with Gasteiger partial charge in [-0.15, -0.1) is 0 Å². The van der Waals surface area contributed by atoms with Crippen LogP contribution in [0.3, 0.4) is 0 Å². The van der Waals surface area contributed by atoms with Crippen LogP contribution in [0.4, 0.5) is 5.69 Å². The molecule has 0 spiro atoms. The molecule has 1 aromatic heterocycles. The summed E-state index contributed by atoms with van der Waals surface area (Å²) in [6.45, 7) is 5.80. The van der Waals surface area contributed by atoms with Gasteiger partial charge in [0.2, 0.25) is 0 Å². The van der Waals surface area contributed by atoms with E-state index in [4.69, 9.17) is 16.0 Å². The Morgan fingerprint density at radius 3 is 2.58 bits per heavy atom. The Balaban J connectivity index is 2.68. The molecule has 1 heterocycles. The third kappa shape index (κ3) is 2.36. The molecule has 0 radical (unpaired) electrons. The molecule has 0 aliphatic rings. The minimum absolute atomic E-state index is 0.134. The van der Waals surface area contributed by atoms with E-state index in [0.717, 1.165) is 18.8 Å². The zero-order chi connectivity index (χ0) is 14.0. The fraction of sp³-hybridized carbons (Fsp3) is 0.286. The van der Waals surface area contributed by atoms with Crippen LogP contribution in [0.25, 0.3) is 11.0 Å². The molecule has 19 heavy (non-hydrogen) atoms. The fourth-order valence-corrected chi connectivity index (χ4v) is 2.33. The monoisotopic (exact) mass is 279 g/mol. The topological polar surface area (TPSA) is 50.5 Å². The number of halogens is 1. The molecule has 0 unspecified atom stereocenters. The zero-order valence-electron chi connectivity index (χ0n) is 10.8. The summed E-state index contributed by atoms with van der Waals surface area (Å²) in [5.41, 5.74) is 0.509. The van der Waals surface area contributed by atoms with E-state index in [1.54, 1.807) is 12.1 Å². The maximum absolute atomic E-state index is 11.6. The number of carbonyl (C=O) groups excluding carboxylic acids is 1. The van der Waals surface area contributed by atoms with Crippen LogP contribution in [-0.4, -0.2) is 19.4 Å². The molecular formula is C14H14ClNO3. The van der Waals surface area contributed by atoms with Crippen LogP contribution in [0.1, 0.15) is 24.2 Å². The second kappa shape index (κ2) is 5.45. The minimum Gasteiger partial charge on any atom is -0.422 e. The molecule has 0 atom stereocenters. The van der Waals surface area contributed by atoms with Gasteiger partial charge in [0.15, 0.2) is 6.29 Å². The maximum Gasteiger partial charge on any atom is 0.348 e. The number of aldehydes is 1. The molecule has 0 saturated heterocycles. The normalized spacial score (nSPS) is 10.7. The number of carbonyl (C=O) groups is 1. The van der Waals surface area contributed by atoms with Gasteiger partial charge in [0, 0.05) is 30.2 Å². The summed E-state index contributed by atoms with van der Waals surface area (Å²) in [7, 11) is 0. The first-order valence-corrected chi connectivity index (χ1v) is 6.46. The molecule has 0 amide bonds. The number of nitrogens with zero attached hydrogens (tertiary/aromatic N) is 1. The van der Waals surface area contributed by atoms with Crippen molar-refractivity contribution >= 4 is 34.5 Å². The van der Waals surface area contributed by atoms with Crippen molar-refractivity contribution in [2.24, 2.45) is 0 Å². The lowest BCUT2D eigenvalue weighted by atomic mass is 10.1. The van der Waals surface area contributed by atoms with Crippen LogP contribution in [0.2, 0.25) is 5.02 Å². The molecule has 2 aromatic rings. The van der Waals surface area contributed by atoms with E-state index in [2.05, 4.69) is 4.90 Å². The first kappa shape index (κ1) is 13.6. The standard InChI is InChI=1S/C14H14ClNO3/c1-3-16(4-2)9-5-6-10-12(7-9)19-14(18)11(8-17)13(10)15/h5-8H,3-4H2,1-2H3. The van der Waals surface area contributed by atoms with Crippen molar-refractivity contribution in [2.75, 3.05) is 18.0 Å². The minimum atomic E-state index is -0.704. The highest BCUT2D eigenvalue weighted by Gasteiger charge is 2.13. The highest BCUT2D eigenvalue weighted by molar-refractivity contribution is 6.37. The quantitative estimate of drug-likeness (QED) is 0.637. The summed E-state index contributed by atoms with van der Waals surface area (Å²) in [6, 6.07) is 5.43. The van der Waals surface area contributed by atoms with Gasteiger partial charge in [-0.1, -0.05) is 11.6 Å². The predicted octanol–water partition coefficient (Wildman–Crippen LogP) is 3.11. The Hall–Kier alpha value is -1.81. The number of hydrogen-bond acceptors (Lipinski definition) is 4. The Labute approximate surface area is 115 Å². The van der Waals surface area contributed by atoms with E-state index in [0.29, 0.717) is 17.3 Å². The van der Waals surface area contributed by atoms with Crippen molar-refractivity contribution in [3.05, 3.63) is 39.2 Å². The summed E-state index contributed by atoms with van der Waals surface area (Å²) in [5, 5.41) is 0.714. The SMILES string of the molecule is CCN(CC)c1ccc2c(Cl)c(C=O)c(=O)oc2c1.